The van der Waals surface area contributed by atoms with Gasteiger partial charge in [-0.15, -0.1) is 11.3 Å². The Balaban J connectivity index is 2.37. The van der Waals surface area contributed by atoms with Gasteiger partial charge in [0.05, 0.1) is 5.69 Å². The van der Waals surface area contributed by atoms with Gasteiger partial charge in [-0.05, 0) is 18.8 Å². The van der Waals surface area contributed by atoms with E-state index in [-0.39, 0.29) is 5.60 Å². The van der Waals surface area contributed by atoms with Crippen molar-refractivity contribution in [2.75, 3.05) is 7.11 Å². The van der Waals surface area contributed by atoms with Crippen molar-refractivity contribution in [2.24, 2.45) is 5.73 Å². The second-order valence-electron chi connectivity index (χ2n) is 5.80. The van der Waals surface area contributed by atoms with Crippen LogP contribution in [0.15, 0.2) is 0 Å². The van der Waals surface area contributed by atoms with E-state index in [0.29, 0.717) is 12.5 Å². The molecule has 0 radical (unpaired) electrons. The fraction of sp³-hybridized carbons (Fsp3) is 0.800. The van der Waals surface area contributed by atoms with Crippen molar-refractivity contribution in [1.29, 1.82) is 0 Å². The molecule has 3 nitrogen and oxygen atoms in total. The number of methoxy groups -OCH3 is 1. The largest absolute Gasteiger partial charge is 0.371 e. The molecular formula is C15H26N2OS. The van der Waals surface area contributed by atoms with E-state index in [1.807, 2.05) is 7.11 Å². The lowest BCUT2D eigenvalue weighted by atomic mass is 9.95. The highest BCUT2D eigenvalue weighted by Crippen LogP contribution is 2.42. The molecule has 1 saturated carbocycles. The molecule has 0 bridgehead atoms. The third-order valence-corrected chi connectivity index (χ3v) is 5.43. The maximum atomic E-state index is 5.94. The molecule has 1 aromatic heterocycles. The summed E-state index contributed by atoms with van der Waals surface area (Å²) in [5.74, 6) is 0.434. The highest BCUT2D eigenvalue weighted by Gasteiger charge is 2.36. The molecule has 0 unspecified atom stereocenters. The first-order chi connectivity index (χ1) is 9.13. The van der Waals surface area contributed by atoms with E-state index >= 15 is 0 Å². The first-order valence-corrected chi connectivity index (χ1v) is 8.20. The molecule has 2 rings (SSSR count). The zero-order valence-corrected chi connectivity index (χ0v) is 13.2. The summed E-state index contributed by atoms with van der Waals surface area (Å²) < 4.78 is 5.94. The SMILES string of the molecule is COC1(c2nc(C(C)C)c(CN)s2)CCCCCC1. The van der Waals surface area contributed by atoms with Crippen molar-refractivity contribution >= 4 is 11.3 Å². The Kier molecular flexibility index (Phi) is 4.98. The van der Waals surface area contributed by atoms with Gasteiger partial charge in [-0.25, -0.2) is 4.98 Å². The Hall–Kier alpha value is -0.450. The maximum absolute atomic E-state index is 5.94. The van der Waals surface area contributed by atoms with E-state index in [1.165, 1.54) is 36.3 Å². The van der Waals surface area contributed by atoms with Crippen LogP contribution in [0.3, 0.4) is 0 Å². The lowest BCUT2D eigenvalue weighted by Gasteiger charge is -2.29. The van der Waals surface area contributed by atoms with Gasteiger partial charge in [-0.2, -0.15) is 0 Å². The first-order valence-electron chi connectivity index (χ1n) is 7.38. The van der Waals surface area contributed by atoms with Crippen molar-refractivity contribution in [3.63, 3.8) is 0 Å². The molecule has 19 heavy (non-hydrogen) atoms. The molecule has 0 aliphatic heterocycles. The molecule has 108 valence electrons. The number of thiazole rings is 1. The van der Waals surface area contributed by atoms with Gasteiger partial charge in [-0.1, -0.05) is 39.5 Å². The van der Waals surface area contributed by atoms with Gasteiger partial charge in [0, 0.05) is 18.5 Å². The molecule has 1 heterocycles. The lowest BCUT2D eigenvalue weighted by molar-refractivity contribution is -0.0280. The maximum Gasteiger partial charge on any atom is 0.125 e. The quantitative estimate of drug-likeness (QED) is 0.851. The Morgan fingerprint density at radius 1 is 1.26 bits per heavy atom. The van der Waals surface area contributed by atoms with E-state index in [4.69, 9.17) is 15.5 Å². The molecule has 1 aromatic rings. The normalized spacial score (nSPS) is 19.6. The van der Waals surface area contributed by atoms with Crippen molar-refractivity contribution in [3.8, 4) is 0 Å². The van der Waals surface area contributed by atoms with Gasteiger partial charge in [0.15, 0.2) is 0 Å². The number of aromatic nitrogens is 1. The summed E-state index contributed by atoms with van der Waals surface area (Å²) in [6.07, 6.45) is 7.30. The Morgan fingerprint density at radius 3 is 2.32 bits per heavy atom. The van der Waals surface area contributed by atoms with E-state index < -0.39 is 0 Å². The summed E-state index contributed by atoms with van der Waals surface area (Å²) >= 11 is 1.77. The Labute approximate surface area is 120 Å². The average Bonchev–Trinajstić information content (AvgIpc) is 2.71. The summed E-state index contributed by atoms with van der Waals surface area (Å²) in [6.45, 7) is 4.96. The summed E-state index contributed by atoms with van der Waals surface area (Å²) in [5, 5.41) is 1.15. The highest BCUT2D eigenvalue weighted by molar-refractivity contribution is 7.11. The minimum atomic E-state index is -0.155. The van der Waals surface area contributed by atoms with Crippen LogP contribution in [0.2, 0.25) is 0 Å². The van der Waals surface area contributed by atoms with Crippen molar-refractivity contribution in [3.05, 3.63) is 15.6 Å². The number of ether oxygens (including phenoxy) is 1. The Bertz CT molecular complexity index is 406. The highest BCUT2D eigenvalue weighted by atomic mass is 32.1. The van der Waals surface area contributed by atoms with E-state index in [9.17, 15) is 0 Å². The van der Waals surface area contributed by atoms with Crippen molar-refractivity contribution in [2.45, 2.75) is 70.4 Å². The van der Waals surface area contributed by atoms with Gasteiger partial charge in [0.2, 0.25) is 0 Å². The smallest absolute Gasteiger partial charge is 0.125 e. The molecule has 0 atom stereocenters. The third-order valence-electron chi connectivity index (χ3n) is 4.15. The molecule has 0 saturated heterocycles. The first kappa shape index (κ1) is 14.9. The standard InChI is InChI=1S/C15H26N2OS/c1-11(2)13-12(10-16)19-14(17-13)15(18-3)8-6-4-5-7-9-15/h11H,4-10,16H2,1-3H3. The van der Waals surface area contributed by atoms with Gasteiger partial charge >= 0.3 is 0 Å². The molecule has 1 aliphatic carbocycles. The lowest BCUT2D eigenvalue weighted by Crippen LogP contribution is -2.27. The van der Waals surface area contributed by atoms with E-state index in [0.717, 1.165) is 17.8 Å². The van der Waals surface area contributed by atoms with Gasteiger partial charge in [0.25, 0.3) is 0 Å². The Morgan fingerprint density at radius 2 is 1.89 bits per heavy atom. The van der Waals surface area contributed by atoms with Gasteiger partial charge in [-0.3, -0.25) is 0 Å². The second kappa shape index (κ2) is 6.33. The fourth-order valence-electron chi connectivity index (χ4n) is 2.96. The van der Waals surface area contributed by atoms with Crippen LogP contribution >= 0.6 is 11.3 Å². The molecule has 0 amide bonds. The van der Waals surface area contributed by atoms with Crippen molar-refractivity contribution in [1.82, 2.24) is 4.98 Å². The predicted molar refractivity (Wildman–Crippen MR) is 80.5 cm³/mol. The number of rotatable bonds is 4. The molecule has 0 aromatic carbocycles. The molecule has 1 fully saturated rings. The summed E-state index contributed by atoms with van der Waals surface area (Å²) in [6, 6.07) is 0. The zero-order chi connectivity index (χ0) is 13.9. The van der Waals surface area contributed by atoms with Gasteiger partial charge < -0.3 is 10.5 Å². The summed E-state index contributed by atoms with van der Waals surface area (Å²) in [7, 11) is 1.84. The molecular weight excluding hydrogens is 256 g/mol. The second-order valence-corrected chi connectivity index (χ2v) is 6.88. The molecule has 4 heteroatoms. The zero-order valence-electron chi connectivity index (χ0n) is 12.4. The number of nitrogens with zero attached hydrogens (tertiary/aromatic N) is 1. The van der Waals surface area contributed by atoms with Crippen LogP contribution in [0.25, 0.3) is 0 Å². The topological polar surface area (TPSA) is 48.1 Å². The molecule has 0 spiro atoms. The van der Waals surface area contributed by atoms with Crippen LogP contribution in [-0.2, 0) is 16.9 Å². The monoisotopic (exact) mass is 282 g/mol. The third kappa shape index (κ3) is 3.01. The van der Waals surface area contributed by atoms with E-state index in [1.54, 1.807) is 11.3 Å². The minimum Gasteiger partial charge on any atom is -0.371 e. The summed E-state index contributed by atoms with van der Waals surface area (Å²) in [4.78, 5) is 6.13. The van der Waals surface area contributed by atoms with Crippen LogP contribution in [0, 0.1) is 0 Å². The van der Waals surface area contributed by atoms with Gasteiger partial charge in [0.1, 0.15) is 10.6 Å². The number of hydrogen-bond acceptors (Lipinski definition) is 4. The van der Waals surface area contributed by atoms with Crippen LogP contribution < -0.4 is 5.73 Å². The average molecular weight is 282 g/mol. The van der Waals surface area contributed by atoms with Crippen LogP contribution in [0.5, 0.6) is 0 Å². The fourth-order valence-corrected chi connectivity index (χ4v) is 4.28. The van der Waals surface area contributed by atoms with Crippen molar-refractivity contribution < 1.29 is 4.74 Å². The number of hydrogen-bond donors (Lipinski definition) is 1. The molecule has 1 aliphatic rings. The molecule has 2 N–H and O–H groups in total. The van der Waals surface area contributed by atoms with Crippen LogP contribution in [0.4, 0.5) is 0 Å². The number of nitrogens with two attached hydrogens (primary N) is 1. The predicted octanol–water partition coefficient (Wildman–Crippen LogP) is 3.92. The van der Waals surface area contributed by atoms with Crippen LogP contribution in [-0.4, -0.2) is 12.1 Å². The summed E-state index contributed by atoms with van der Waals surface area (Å²) in [5.41, 5.74) is 6.89. The van der Waals surface area contributed by atoms with Crippen LogP contribution in [0.1, 0.15) is 73.9 Å². The van der Waals surface area contributed by atoms with E-state index in [2.05, 4.69) is 13.8 Å². The minimum absolute atomic E-state index is 0.155.